The highest BCUT2D eigenvalue weighted by Gasteiger charge is 2.33. The van der Waals surface area contributed by atoms with Crippen LogP contribution < -0.4 is 35.6 Å². The Bertz CT molecular complexity index is 1950. The highest BCUT2D eigenvalue weighted by Crippen LogP contribution is 2.37. The zero-order chi connectivity index (χ0) is 36.1. The van der Waals surface area contributed by atoms with Crippen LogP contribution in [0, 0.1) is 11.6 Å². The maximum Gasteiger partial charge on any atom is 0.407 e. The first-order valence-electron chi connectivity index (χ1n) is 15.6. The minimum Gasteiger partial charge on any atom is -0.497 e. The number of fused-ring (bicyclic) bond motifs is 1. The molecule has 14 nitrogen and oxygen atoms in total. The van der Waals surface area contributed by atoms with Gasteiger partial charge in [-0.2, -0.15) is 0 Å². The first kappa shape index (κ1) is 35.4. The number of amides is 4. The number of methoxy groups -OCH3 is 3. The molecule has 5 rings (SSSR count). The number of nitrogens with zero attached hydrogens (tertiary/aromatic N) is 5. The Morgan fingerprint density at radius 2 is 1.56 bits per heavy atom. The molecule has 1 aliphatic heterocycles. The van der Waals surface area contributed by atoms with Crippen molar-refractivity contribution in [3.8, 4) is 11.5 Å². The molecule has 0 saturated carbocycles. The van der Waals surface area contributed by atoms with E-state index in [1.807, 2.05) is 0 Å². The molecule has 0 radical (unpaired) electrons. The number of carbonyl (C=O) groups is 3. The summed E-state index contributed by atoms with van der Waals surface area (Å²) in [6.07, 6.45) is -0.745. The molecule has 1 saturated heterocycles. The van der Waals surface area contributed by atoms with Gasteiger partial charge in [-0.1, -0.05) is 0 Å². The third kappa shape index (κ3) is 7.38. The first-order chi connectivity index (χ1) is 23.9. The number of benzene rings is 3. The second-order valence-electron chi connectivity index (χ2n) is 11.4. The van der Waals surface area contributed by atoms with E-state index in [9.17, 15) is 28.0 Å². The molecular formula is C34H37F2N7O7. The SMILES string of the molecule is COC(=O)NC(C)C(=O)N1CCN(n2c(C(C)N(C(=O)Nc3ccc(F)cc3)c3ccc(OC)cc3OC)nc3ccc(F)cc3c2=O)CC1. The Kier molecular flexibility index (Phi) is 10.7. The van der Waals surface area contributed by atoms with Gasteiger partial charge >= 0.3 is 12.1 Å². The summed E-state index contributed by atoms with van der Waals surface area (Å²) in [7, 11) is 4.11. The summed E-state index contributed by atoms with van der Waals surface area (Å²) in [4.78, 5) is 60.8. The monoisotopic (exact) mass is 693 g/mol. The van der Waals surface area contributed by atoms with E-state index >= 15 is 0 Å². The van der Waals surface area contributed by atoms with Crippen molar-refractivity contribution >= 4 is 40.3 Å². The fraction of sp³-hybridized carbons (Fsp3) is 0.324. The average Bonchev–Trinajstić information content (AvgIpc) is 3.12. The van der Waals surface area contributed by atoms with Gasteiger partial charge in [0.2, 0.25) is 5.91 Å². The van der Waals surface area contributed by atoms with Crippen LogP contribution in [-0.2, 0) is 9.53 Å². The topological polar surface area (TPSA) is 148 Å². The molecule has 4 aromatic rings. The van der Waals surface area contributed by atoms with Crippen molar-refractivity contribution in [1.29, 1.82) is 0 Å². The average molecular weight is 694 g/mol. The highest BCUT2D eigenvalue weighted by molar-refractivity contribution is 6.03. The van der Waals surface area contributed by atoms with Gasteiger partial charge in [-0.3, -0.25) is 14.5 Å². The van der Waals surface area contributed by atoms with Crippen LogP contribution in [0.5, 0.6) is 11.5 Å². The molecule has 0 bridgehead atoms. The van der Waals surface area contributed by atoms with E-state index in [4.69, 9.17) is 14.5 Å². The Hall–Kier alpha value is -5.93. The zero-order valence-corrected chi connectivity index (χ0v) is 28.1. The fourth-order valence-corrected chi connectivity index (χ4v) is 5.71. The van der Waals surface area contributed by atoms with Crippen LogP contribution >= 0.6 is 0 Å². The summed E-state index contributed by atoms with van der Waals surface area (Å²) < 4.78 is 45.0. The number of alkyl carbamates (subject to hydrolysis) is 1. The van der Waals surface area contributed by atoms with Gasteiger partial charge in [0, 0.05) is 24.8 Å². The van der Waals surface area contributed by atoms with Crippen molar-refractivity contribution in [2.45, 2.75) is 25.9 Å². The number of carbonyl (C=O) groups excluding carboxylic acids is 3. The molecule has 0 spiro atoms. The van der Waals surface area contributed by atoms with Crippen molar-refractivity contribution < 1.29 is 37.4 Å². The van der Waals surface area contributed by atoms with Crippen LogP contribution in [0.3, 0.4) is 0 Å². The van der Waals surface area contributed by atoms with Crippen LogP contribution in [0.1, 0.15) is 25.7 Å². The molecule has 3 aromatic carbocycles. The lowest BCUT2D eigenvalue weighted by atomic mass is 10.1. The maximum absolute atomic E-state index is 14.4. The van der Waals surface area contributed by atoms with E-state index in [1.165, 1.54) is 74.2 Å². The second-order valence-corrected chi connectivity index (χ2v) is 11.4. The number of hydrogen-bond donors (Lipinski definition) is 2. The smallest absolute Gasteiger partial charge is 0.407 e. The van der Waals surface area contributed by atoms with Gasteiger partial charge in [0.15, 0.2) is 5.82 Å². The van der Waals surface area contributed by atoms with Gasteiger partial charge in [-0.05, 0) is 68.4 Å². The molecule has 1 fully saturated rings. The van der Waals surface area contributed by atoms with Gasteiger partial charge in [-0.25, -0.2) is 28.0 Å². The van der Waals surface area contributed by atoms with E-state index < -0.39 is 41.4 Å². The molecule has 1 aliphatic rings. The van der Waals surface area contributed by atoms with Gasteiger partial charge in [0.05, 0.1) is 57.1 Å². The van der Waals surface area contributed by atoms with Crippen LogP contribution in [0.4, 0.5) is 29.7 Å². The predicted octanol–water partition coefficient (Wildman–Crippen LogP) is 4.02. The lowest BCUT2D eigenvalue weighted by molar-refractivity contribution is -0.133. The van der Waals surface area contributed by atoms with Crippen molar-refractivity contribution in [3.63, 3.8) is 0 Å². The molecule has 50 heavy (non-hydrogen) atoms. The van der Waals surface area contributed by atoms with E-state index in [0.717, 1.165) is 6.07 Å². The van der Waals surface area contributed by atoms with Crippen molar-refractivity contribution in [2.24, 2.45) is 0 Å². The van der Waals surface area contributed by atoms with Crippen molar-refractivity contribution in [2.75, 3.05) is 62.7 Å². The summed E-state index contributed by atoms with van der Waals surface area (Å²) in [6, 6.07) is 11.2. The Morgan fingerprint density at radius 3 is 2.20 bits per heavy atom. The Labute approximate surface area is 286 Å². The lowest BCUT2D eigenvalue weighted by Crippen LogP contribution is -2.59. The van der Waals surface area contributed by atoms with E-state index in [1.54, 1.807) is 35.0 Å². The predicted molar refractivity (Wildman–Crippen MR) is 181 cm³/mol. The number of hydrogen-bond acceptors (Lipinski definition) is 9. The number of nitrogens with one attached hydrogen (secondary N) is 2. The van der Waals surface area contributed by atoms with E-state index in [2.05, 4.69) is 15.4 Å². The Balaban J connectivity index is 1.58. The normalized spacial score (nSPS) is 14.1. The lowest BCUT2D eigenvalue weighted by Gasteiger charge is -2.39. The molecular weight excluding hydrogens is 656 g/mol. The van der Waals surface area contributed by atoms with Crippen LogP contribution in [0.2, 0.25) is 0 Å². The molecule has 2 atom stereocenters. The number of rotatable bonds is 9. The van der Waals surface area contributed by atoms with E-state index in [-0.39, 0.29) is 54.6 Å². The molecule has 16 heteroatoms. The summed E-state index contributed by atoms with van der Waals surface area (Å²) in [6.45, 7) is 3.88. The molecule has 2 N–H and O–H groups in total. The number of anilines is 2. The molecule has 264 valence electrons. The summed E-state index contributed by atoms with van der Waals surface area (Å²) >= 11 is 0. The second kappa shape index (κ2) is 15.1. The third-order valence-corrected chi connectivity index (χ3v) is 8.30. The van der Waals surface area contributed by atoms with E-state index in [0.29, 0.717) is 17.1 Å². The van der Waals surface area contributed by atoms with Gasteiger partial charge in [0.25, 0.3) is 5.56 Å². The maximum atomic E-state index is 14.4. The third-order valence-electron chi connectivity index (χ3n) is 8.30. The van der Waals surface area contributed by atoms with Gasteiger partial charge in [0.1, 0.15) is 29.2 Å². The number of urea groups is 1. The largest absolute Gasteiger partial charge is 0.497 e. The standard InChI is InChI=1S/C34H37F2N7O7/c1-20(37-34(47)50-5)31(44)40-14-16-41(17-15-40)43-30(39-27-12-8-23(36)18-26(27)32(43)45)21(2)42(28-13-11-25(48-3)19-29(28)49-4)33(46)38-24-9-6-22(35)7-10-24/h6-13,18-21H,14-17H2,1-5H3,(H,37,47)(H,38,46). The van der Waals surface area contributed by atoms with Crippen LogP contribution in [-0.4, -0.2) is 86.1 Å². The van der Waals surface area contributed by atoms with Crippen molar-refractivity contribution in [3.05, 3.63) is 88.5 Å². The van der Waals surface area contributed by atoms with Crippen LogP contribution in [0.15, 0.2) is 65.5 Å². The molecule has 4 amide bonds. The van der Waals surface area contributed by atoms with Gasteiger partial charge < -0.3 is 34.8 Å². The Morgan fingerprint density at radius 1 is 0.880 bits per heavy atom. The van der Waals surface area contributed by atoms with Gasteiger partial charge in [-0.15, -0.1) is 0 Å². The summed E-state index contributed by atoms with van der Waals surface area (Å²) in [5.74, 6) is -0.601. The summed E-state index contributed by atoms with van der Waals surface area (Å²) in [5, 5.41) is 6.92. The first-order valence-corrected chi connectivity index (χ1v) is 15.6. The minimum absolute atomic E-state index is 0.0136. The minimum atomic E-state index is -0.983. The number of piperazine rings is 1. The molecule has 2 heterocycles. The zero-order valence-electron chi connectivity index (χ0n) is 28.1. The summed E-state index contributed by atoms with van der Waals surface area (Å²) in [5.41, 5.74) is 0.212. The molecule has 1 aromatic heterocycles. The molecule has 0 aliphatic carbocycles. The number of aromatic nitrogens is 2. The number of halogens is 2. The fourth-order valence-electron chi connectivity index (χ4n) is 5.71. The highest BCUT2D eigenvalue weighted by atomic mass is 19.1. The van der Waals surface area contributed by atoms with Crippen molar-refractivity contribution in [1.82, 2.24) is 19.9 Å². The quantitative estimate of drug-likeness (QED) is 0.265. The number of ether oxygens (including phenoxy) is 3. The molecule has 2 unspecified atom stereocenters. The van der Waals surface area contributed by atoms with Crippen LogP contribution in [0.25, 0.3) is 10.9 Å².